The monoisotopic (exact) mass is 365 g/mol. The smallest absolute Gasteiger partial charge is 0.324 e. The van der Waals surface area contributed by atoms with Crippen molar-refractivity contribution in [3.05, 3.63) is 71.3 Å². The van der Waals surface area contributed by atoms with Crippen molar-refractivity contribution in [1.82, 2.24) is 15.5 Å². The number of imide groups is 1. The number of urea groups is 1. The van der Waals surface area contributed by atoms with E-state index >= 15 is 0 Å². The summed E-state index contributed by atoms with van der Waals surface area (Å²) in [6, 6.07) is 16.4. The molecule has 0 unspecified atom stereocenters. The average molecular weight is 365 g/mol. The molecule has 6 heteroatoms. The molecule has 1 atom stereocenters. The number of benzene rings is 2. The summed E-state index contributed by atoms with van der Waals surface area (Å²) in [6.45, 7) is 4.37. The van der Waals surface area contributed by atoms with Crippen LogP contribution in [0.2, 0.25) is 0 Å². The molecular formula is C21H23N3O3. The Bertz CT molecular complexity index is 816. The van der Waals surface area contributed by atoms with Crippen molar-refractivity contribution in [3.8, 4) is 0 Å². The number of nitrogens with one attached hydrogen (secondary N) is 2. The first-order valence-corrected chi connectivity index (χ1v) is 8.98. The molecule has 4 amide bonds. The first-order chi connectivity index (χ1) is 13.0. The summed E-state index contributed by atoms with van der Waals surface area (Å²) in [7, 11) is 0. The minimum atomic E-state index is -0.385. The van der Waals surface area contributed by atoms with Crippen LogP contribution >= 0.6 is 0 Å². The van der Waals surface area contributed by atoms with Crippen LogP contribution in [0.15, 0.2) is 54.6 Å². The van der Waals surface area contributed by atoms with Gasteiger partial charge in [-0.3, -0.25) is 14.5 Å². The molecule has 0 radical (unpaired) electrons. The first kappa shape index (κ1) is 18.6. The molecule has 1 heterocycles. The lowest BCUT2D eigenvalue weighted by atomic mass is 9.95. The first-order valence-electron chi connectivity index (χ1n) is 8.98. The zero-order valence-corrected chi connectivity index (χ0v) is 15.4. The summed E-state index contributed by atoms with van der Waals surface area (Å²) in [5.74, 6) is -0.154. The molecule has 2 N–H and O–H groups in total. The lowest BCUT2D eigenvalue weighted by molar-refractivity contribution is -0.125. The van der Waals surface area contributed by atoms with Crippen molar-refractivity contribution in [2.75, 3.05) is 6.54 Å². The minimum Gasteiger partial charge on any atom is -0.345 e. The summed E-state index contributed by atoms with van der Waals surface area (Å²) in [5, 5.41) is 5.58. The third-order valence-electron chi connectivity index (χ3n) is 4.61. The number of carbonyl (C=O) groups excluding carboxylic acids is 3. The molecule has 2 aromatic carbocycles. The molecule has 1 aliphatic heterocycles. The van der Waals surface area contributed by atoms with E-state index in [9.17, 15) is 14.4 Å². The van der Waals surface area contributed by atoms with E-state index in [4.69, 9.17) is 0 Å². The van der Waals surface area contributed by atoms with E-state index in [2.05, 4.69) is 24.5 Å². The lowest BCUT2D eigenvalue weighted by Gasteiger charge is -2.23. The van der Waals surface area contributed by atoms with Gasteiger partial charge in [0.15, 0.2) is 0 Å². The van der Waals surface area contributed by atoms with Crippen molar-refractivity contribution in [3.63, 3.8) is 0 Å². The Balaban J connectivity index is 1.68. The van der Waals surface area contributed by atoms with E-state index in [1.54, 1.807) is 24.3 Å². The molecule has 0 saturated carbocycles. The Morgan fingerprint density at radius 2 is 1.74 bits per heavy atom. The van der Waals surface area contributed by atoms with Crippen LogP contribution in [-0.4, -0.2) is 29.3 Å². The van der Waals surface area contributed by atoms with Crippen LogP contribution in [0.4, 0.5) is 4.79 Å². The molecular weight excluding hydrogens is 342 g/mol. The quantitative estimate of drug-likeness (QED) is 0.773. The number of carbonyl (C=O) groups is 3. The molecule has 2 aromatic rings. The van der Waals surface area contributed by atoms with Gasteiger partial charge in [0.25, 0.3) is 5.91 Å². The Kier molecular flexibility index (Phi) is 5.54. The number of hydrogen-bond donors (Lipinski definition) is 2. The summed E-state index contributed by atoms with van der Waals surface area (Å²) >= 11 is 0. The molecule has 3 rings (SSSR count). The summed E-state index contributed by atoms with van der Waals surface area (Å²) in [6.07, 6.45) is 0. The van der Waals surface area contributed by atoms with Gasteiger partial charge in [-0.25, -0.2) is 4.79 Å². The van der Waals surface area contributed by atoms with Crippen molar-refractivity contribution in [1.29, 1.82) is 0 Å². The van der Waals surface area contributed by atoms with Crippen LogP contribution in [0.5, 0.6) is 0 Å². The van der Waals surface area contributed by atoms with Crippen LogP contribution in [-0.2, 0) is 11.3 Å². The van der Waals surface area contributed by atoms with E-state index in [0.29, 0.717) is 5.56 Å². The molecule has 6 nitrogen and oxygen atoms in total. The highest BCUT2D eigenvalue weighted by molar-refractivity contribution is 6.01. The zero-order valence-electron chi connectivity index (χ0n) is 15.4. The Morgan fingerprint density at radius 3 is 2.30 bits per heavy atom. The lowest BCUT2D eigenvalue weighted by Crippen LogP contribution is -2.32. The molecule has 1 saturated heterocycles. The fraction of sp³-hybridized carbons (Fsp3) is 0.286. The summed E-state index contributed by atoms with van der Waals surface area (Å²) < 4.78 is 0. The highest BCUT2D eigenvalue weighted by Crippen LogP contribution is 2.22. The van der Waals surface area contributed by atoms with Crippen LogP contribution in [0.25, 0.3) is 0 Å². The second kappa shape index (κ2) is 8.03. The van der Waals surface area contributed by atoms with Gasteiger partial charge in [0.1, 0.15) is 0 Å². The molecule has 1 aliphatic rings. The van der Waals surface area contributed by atoms with E-state index < -0.39 is 0 Å². The van der Waals surface area contributed by atoms with E-state index in [-0.39, 0.29) is 42.9 Å². The van der Waals surface area contributed by atoms with Gasteiger partial charge in [0.2, 0.25) is 5.91 Å². The molecule has 0 aromatic heterocycles. The van der Waals surface area contributed by atoms with E-state index in [1.807, 2.05) is 30.3 Å². The predicted octanol–water partition coefficient (Wildman–Crippen LogP) is 2.87. The van der Waals surface area contributed by atoms with Crippen LogP contribution in [0.1, 0.15) is 41.4 Å². The van der Waals surface area contributed by atoms with Gasteiger partial charge in [0, 0.05) is 5.56 Å². The fourth-order valence-corrected chi connectivity index (χ4v) is 3.08. The maximum Gasteiger partial charge on any atom is 0.324 e. The number of nitrogens with zero attached hydrogens (tertiary/aromatic N) is 1. The number of rotatable bonds is 6. The number of hydrogen-bond acceptors (Lipinski definition) is 3. The van der Waals surface area contributed by atoms with Crippen molar-refractivity contribution in [2.24, 2.45) is 5.92 Å². The highest BCUT2D eigenvalue weighted by atomic mass is 16.2. The van der Waals surface area contributed by atoms with Crippen molar-refractivity contribution < 1.29 is 14.4 Å². The second-order valence-electron chi connectivity index (χ2n) is 6.94. The Morgan fingerprint density at radius 1 is 1.07 bits per heavy atom. The number of amides is 4. The van der Waals surface area contributed by atoms with Crippen molar-refractivity contribution >= 4 is 17.8 Å². The summed E-state index contributed by atoms with van der Waals surface area (Å²) in [4.78, 5) is 37.1. The largest absolute Gasteiger partial charge is 0.345 e. The topological polar surface area (TPSA) is 78.5 Å². The van der Waals surface area contributed by atoms with Gasteiger partial charge in [-0.1, -0.05) is 56.3 Å². The normalized spacial score (nSPS) is 15.0. The van der Waals surface area contributed by atoms with Gasteiger partial charge in [0.05, 0.1) is 19.1 Å². The zero-order chi connectivity index (χ0) is 19.4. The van der Waals surface area contributed by atoms with Crippen LogP contribution in [0.3, 0.4) is 0 Å². The Hall–Kier alpha value is -3.15. The highest BCUT2D eigenvalue weighted by Gasteiger charge is 2.28. The Labute approximate surface area is 158 Å². The summed E-state index contributed by atoms with van der Waals surface area (Å²) in [5.41, 5.74) is 2.40. The van der Waals surface area contributed by atoms with E-state index in [0.717, 1.165) is 11.1 Å². The average Bonchev–Trinajstić information content (AvgIpc) is 2.99. The molecule has 0 aliphatic carbocycles. The van der Waals surface area contributed by atoms with Crippen LogP contribution in [0, 0.1) is 5.92 Å². The maximum atomic E-state index is 12.7. The third kappa shape index (κ3) is 4.34. The molecule has 140 valence electrons. The van der Waals surface area contributed by atoms with Gasteiger partial charge in [-0.05, 0) is 29.2 Å². The third-order valence-corrected chi connectivity index (χ3v) is 4.61. The molecule has 0 bridgehead atoms. The standard InChI is InChI=1S/C21H23N3O3/c1-14(2)19(16-6-4-3-5-7-16)23-20(26)17-10-8-15(9-11-17)13-24-18(25)12-22-21(24)27/h3-11,14,19H,12-13H2,1-2H3,(H,22,27)(H,23,26)/t19-/m1/s1. The van der Waals surface area contributed by atoms with Crippen molar-refractivity contribution in [2.45, 2.75) is 26.4 Å². The molecule has 1 fully saturated rings. The fourth-order valence-electron chi connectivity index (χ4n) is 3.08. The van der Waals surface area contributed by atoms with E-state index in [1.165, 1.54) is 4.90 Å². The molecule has 27 heavy (non-hydrogen) atoms. The second-order valence-corrected chi connectivity index (χ2v) is 6.94. The predicted molar refractivity (Wildman–Crippen MR) is 102 cm³/mol. The van der Waals surface area contributed by atoms with Crippen LogP contribution < -0.4 is 10.6 Å². The van der Waals surface area contributed by atoms with Gasteiger partial charge in [-0.15, -0.1) is 0 Å². The minimum absolute atomic E-state index is 0.0371. The van der Waals surface area contributed by atoms with Gasteiger partial charge < -0.3 is 10.6 Å². The SMILES string of the molecule is CC(C)[C@@H](NC(=O)c1ccc(CN2C(=O)CNC2=O)cc1)c1ccccc1. The molecule has 0 spiro atoms. The van der Waals surface area contributed by atoms with Gasteiger partial charge >= 0.3 is 6.03 Å². The maximum absolute atomic E-state index is 12.7. The van der Waals surface area contributed by atoms with Gasteiger partial charge in [-0.2, -0.15) is 0 Å².